The highest BCUT2D eigenvalue weighted by Crippen LogP contribution is 2.26. The van der Waals surface area contributed by atoms with Crippen molar-refractivity contribution < 1.29 is 14.6 Å². The van der Waals surface area contributed by atoms with Gasteiger partial charge in [0.25, 0.3) is 5.91 Å². The monoisotopic (exact) mass is 414 g/mol. The summed E-state index contributed by atoms with van der Waals surface area (Å²) in [6.45, 7) is 0.233. The molecule has 3 aromatic rings. The molecule has 2 N–H and O–H groups in total. The third kappa shape index (κ3) is 5.25. The fourth-order valence-corrected chi connectivity index (χ4v) is 2.86. The molecule has 0 unspecified atom stereocenters. The van der Waals surface area contributed by atoms with E-state index in [0.29, 0.717) is 26.9 Å². The Morgan fingerprint density at radius 1 is 1.04 bits per heavy atom. The first-order valence-electron chi connectivity index (χ1n) is 8.31. The van der Waals surface area contributed by atoms with Crippen molar-refractivity contribution in [2.75, 3.05) is 0 Å². The molecular formula is C21H16Cl2N2O3. The van der Waals surface area contributed by atoms with E-state index in [1.54, 1.807) is 30.3 Å². The van der Waals surface area contributed by atoms with E-state index < -0.39 is 0 Å². The van der Waals surface area contributed by atoms with Crippen LogP contribution >= 0.6 is 23.2 Å². The summed E-state index contributed by atoms with van der Waals surface area (Å²) in [5.74, 6) is 0.330. The molecule has 28 heavy (non-hydrogen) atoms. The van der Waals surface area contributed by atoms with Crippen LogP contribution in [0.4, 0.5) is 0 Å². The molecule has 0 aromatic heterocycles. The number of carbonyl (C=O) groups excluding carboxylic acids is 1. The Bertz CT molecular complexity index is 985. The van der Waals surface area contributed by atoms with Gasteiger partial charge in [0.2, 0.25) is 0 Å². The van der Waals surface area contributed by atoms with Gasteiger partial charge in [0.15, 0.2) is 0 Å². The molecule has 3 aromatic carbocycles. The van der Waals surface area contributed by atoms with Gasteiger partial charge < -0.3 is 9.84 Å². The molecule has 0 aliphatic rings. The van der Waals surface area contributed by atoms with Gasteiger partial charge in [0.1, 0.15) is 18.1 Å². The summed E-state index contributed by atoms with van der Waals surface area (Å²) in [6, 6.07) is 18.4. The Morgan fingerprint density at radius 2 is 1.71 bits per heavy atom. The summed E-state index contributed by atoms with van der Waals surface area (Å²) < 4.78 is 5.76. The second-order valence-corrected chi connectivity index (χ2v) is 6.62. The molecule has 1 amide bonds. The summed E-state index contributed by atoms with van der Waals surface area (Å²) in [6.07, 6.45) is 1.51. The minimum atomic E-state index is -0.378. The molecule has 0 bridgehead atoms. The van der Waals surface area contributed by atoms with Gasteiger partial charge in [-0.2, -0.15) is 5.10 Å². The number of amides is 1. The molecule has 0 aliphatic carbocycles. The molecule has 0 aliphatic heterocycles. The first-order chi connectivity index (χ1) is 13.5. The minimum Gasteiger partial charge on any atom is -0.508 e. The molecule has 0 radical (unpaired) electrons. The van der Waals surface area contributed by atoms with Crippen LogP contribution in [-0.4, -0.2) is 17.2 Å². The van der Waals surface area contributed by atoms with E-state index in [1.807, 2.05) is 12.1 Å². The molecule has 0 saturated carbocycles. The number of rotatable bonds is 6. The number of halogens is 2. The largest absolute Gasteiger partial charge is 0.508 e. The van der Waals surface area contributed by atoms with E-state index in [0.717, 1.165) is 5.56 Å². The Labute approximate surface area is 172 Å². The number of phenols is 1. The number of benzene rings is 3. The standard InChI is InChI=1S/C21H16Cl2N2O3/c22-19-5-2-6-20(23)18(19)13-28-17-4-1-3-14(11-17)12-24-25-21(27)15-7-9-16(26)10-8-15/h1-12,26H,13H2,(H,25,27)/b24-12+. The van der Waals surface area contributed by atoms with Gasteiger partial charge in [-0.1, -0.05) is 41.4 Å². The van der Waals surface area contributed by atoms with Gasteiger partial charge >= 0.3 is 0 Å². The molecule has 142 valence electrons. The SMILES string of the molecule is O=C(N/N=C/c1cccc(OCc2c(Cl)cccc2Cl)c1)c1ccc(O)cc1. The van der Waals surface area contributed by atoms with Crippen LogP contribution in [-0.2, 0) is 6.61 Å². The molecule has 7 heteroatoms. The lowest BCUT2D eigenvalue weighted by molar-refractivity contribution is 0.0955. The molecule has 0 heterocycles. The van der Waals surface area contributed by atoms with Gasteiger partial charge in [0.05, 0.1) is 6.21 Å². The van der Waals surface area contributed by atoms with E-state index in [1.165, 1.54) is 30.5 Å². The first-order valence-corrected chi connectivity index (χ1v) is 9.07. The number of aromatic hydroxyl groups is 1. The second-order valence-electron chi connectivity index (χ2n) is 5.81. The van der Waals surface area contributed by atoms with Gasteiger partial charge in [-0.15, -0.1) is 0 Å². The molecule has 0 fully saturated rings. The molecular weight excluding hydrogens is 399 g/mol. The van der Waals surface area contributed by atoms with Crippen LogP contribution in [0, 0.1) is 0 Å². The fraction of sp³-hybridized carbons (Fsp3) is 0.0476. The normalized spacial score (nSPS) is 10.8. The van der Waals surface area contributed by atoms with Gasteiger partial charge in [-0.3, -0.25) is 4.79 Å². The minimum absolute atomic E-state index is 0.0925. The number of hydrogen-bond donors (Lipinski definition) is 2. The van der Waals surface area contributed by atoms with Crippen molar-refractivity contribution in [1.29, 1.82) is 0 Å². The van der Waals surface area contributed by atoms with Gasteiger partial charge in [-0.25, -0.2) is 5.43 Å². The fourth-order valence-electron chi connectivity index (χ4n) is 2.35. The number of hydrazone groups is 1. The summed E-state index contributed by atoms with van der Waals surface area (Å²) in [5.41, 5.74) is 4.28. The average Bonchev–Trinajstić information content (AvgIpc) is 2.68. The predicted molar refractivity (Wildman–Crippen MR) is 110 cm³/mol. The van der Waals surface area contributed by atoms with Gasteiger partial charge in [0, 0.05) is 21.2 Å². The van der Waals surface area contributed by atoms with Crippen LogP contribution in [0.15, 0.2) is 71.8 Å². The average molecular weight is 415 g/mol. The van der Waals surface area contributed by atoms with E-state index in [-0.39, 0.29) is 18.3 Å². The summed E-state index contributed by atoms with van der Waals surface area (Å²) in [5, 5.41) is 14.3. The topological polar surface area (TPSA) is 70.9 Å². The van der Waals surface area contributed by atoms with E-state index >= 15 is 0 Å². The lowest BCUT2D eigenvalue weighted by Crippen LogP contribution is -2.17. The van der Waals surface area contributed by atoms with Crippen LogP contribution in [0.3, 0.4) is 0 Å². The third-order valence-electron chi connectivity index (χ3n) is 3.81. The molecule has 3 rings (SSSR count). The lowest BCUT2D eigenvalue weighted by atomic mass is 10.2. The Balaban J connectivity index is 1.60. The van der Waals surface area contributed by atoms with Crippen LogP contribution in [0.25, 0.3) is 0 Å². The number of nitrogens with one attached hydrogen (secondary N) is 1. The molecule has 0 spiro atoms. The number of phenolic OH excluding ortho intramolecular Hbond substituents is 1. The summed E-state index contributed by atoms with van der Waals surface area (Å²) >= 11 is 12.3. The highest BCUT2D eigenvalue weighted by atomic mass is 35.5. The zero-order chi connectivity index (χ0) is 19.9. The maximum absolute atomic E-state index is 12.0. The Kier molecular flexibility index (Phi) is 6.53. The van der Waals surface area contributed by atoms with E-state index in [2.05, 4.69) is 10.5 Å². The van der Waals surface area contributed by atoms with Crippen molar-refractivity contribution in [3.8, 4) is 11.5 Å². The smallest absolute Gasteiger partial charge is 0.271 e. The molecule has 0 saturated heterocycles. The number of ether oxygens (including phenoxy) is 1. The van der Waals surface area contributed by atoms with Crippen molar-refractivity contribution in [1.82, 2.24) is 5.43 Å². The van der Waals surface area contributed by atoms with Crippen molar-refractivity contribution in [3.05, 3.63) is 93.5 Å². The molecule has 0 atom stereocenters. The first kappa shape index (κ1) is 19.7. The second kappa shape index (κ2) is 9.26. The number of hydrogen-bond acceptors (Lipinski definition) is 4. The summed E-state index contributed by atoms with van der Waals surface area (Å²) in [7, 11) is 0. The van der Waals surface area contributed by atoms with Crippen molar-refractivity contribution in [2.45, 2.75) is 6.61 Å². The highest BCUT2D eigenvalue weighted by molar-refractivity contribution is 6.35. The Hall–Kier alpha value is -3.02. The highest BCUT2D eigenvalue weighted by Gasteiger charge is 2.07. The Morgan fingerprint density at radius 3 is 2.43 bits per heavy atom. The van der Waals surface area contributed by atoms with E-state index in [4.69, 9.17) is 27.9 Å². The summed E-state index contributed by atoms with van der Waals surface area (Å²) in [4.78, 5) is 12.0. The van der Waals surface area contributed by atoms with Crippen LogP contribution in [0.5, 0.6) is 11.5 Å². The van der Waals surface area contributed by atoms with Crippen molar-refractivity contribution in [2.24, 2.45) is 5.10 Å². The van der Waals surface area contributed by atoms with Crippen molar-refractivity contribution in [3.63, 3.8) is 0 Å². The zero-order valence-corrected chi connectivity index (χ0v) is 16.1. The zero-order valence-electron chi connectivity index (χ0n) is 14.6. The maximum Gasteiger partial charge on any atom is 0.271 e. The van der Waals surface area contributed by atoms with Crippen LogP contribution in [0.2, 0.25) is 10.0 Å². The number of carbonyl (C=O) groups is 1. The predicted octanol–water partition coefficient (Wildman–Crippen LogP) is 5.04. The lowest BCUT2D eigenvalue weighted by Gasteiger charge is -2.09. The van der Waals surface area contributed by atoms with Gasteiger partial charge in [-0.05, 0) is 54.1 Å². The van der Waals surface area contributed by atoms with Crippen molar-refractivity contribution >= 4 is 35.3 Å². The molecule has 5 nitrogen and oxygen atoms in total. The third-order valence-corrected chi connectivity index (χ3v) is 4.52. The quantitative estimate of drug-likeness (QED) is 0.438. The van der Waals surface area contributed by atoms with Crippen LogP contribution < -0.4 is 10.2 Å². The van der Waals surface area contributed by atoms with E-state index in [9.17, 15) is 9.90 Å². The van der Waals surface area contributed by atoms with Crippen LogP contribution in [0.1, 0.15) is 21.5 Å². The maximum atomic E-state index is 12.0. The number of nitrogens with zero attached hydrogens (tertiary/aromatic N) is 1.